The highest BCUT2D eigenvalue weighted by molar-refractivity contribution is 5.89. The Bertz CT molecular complexity index is 783. The molecular weight excluding hydrogens is 306 g/mol. The zero-order valence-corrected chi connectivity index (χ0v) is 13.7. The van der Waals surface area contributed by atoms with Crippen molar-refractivity contribution in [3.8, 4) is 5.75 Å². The van der Waals surface area contributed by atoms with E-state index in [1.807, 2.05) is 22.8 Å². The highest BCUT2D eigenvalue weighted by Crippen LogP contribution is 2.40. The fourth-order valence-corrected chi connectivity index (χ4v) is 3.49. The molecule has 1 fully saturated rings. The molecule has 24 heavy (non-hydrogen) atoms. The Balaban J connectivity index is 1.52. The summed E-state index contributed by atoms with van der Waals surface area (Å²) in [6.07, 6.45) is 5.33. The van der Waals surface area contributed by atoms with Crippen molar-refractivity contribution in [2.24, 2.45) is 5.73 Å². The third kappa shape index (κ3) is 2.36. The molecule has 0 bridgehead atoms. The van der Waals surface area contributed by atoms with E-state index in [0.29, 0.717) is 19.0 Å². The lowest BCUT2D eigenvalue weighted by Crippen LogP contribution is -2.49. The van der Waals surface area contributed by atoms with Gasteiger partial charge in [0.2, 0.25) is 5.91 Å². The number of benzene rings is 1. The fraction of sp³-hybridized carbons (Fsp3) is 0.471. The van der Waals surface area contributed by atoms with E-state index in [-0.39, 0.29) is 5.91 Å². The van der Waals surface area contributed by atoms with Gasteiger partial charge in [0.25, 0.3) is 0 Å². The van der Waals surface area contributed by atoms with Gasteiger partial charge in [-0.2, -0.15) is 0 Å². The van der Waals surface area contributed by atoms with E-state index >= 15 is 0 Å². The molecule has 0 spiro atoms. The van der Waals surface area contributed by atoms with Crippen LogP contribution in [0, 0.1) is 0 Å². The number of nitrogens with one attached hydrogen (secondary N) is 1. The maximum Gasteiger partial charge on any atom is 0.245 e. The number of rotatable bonds is 5. The minimum Gasteiger partial charge on any atom is -0.496 e. The maximum absolute atomic E-state index is 12.8. The third-order valence-electron chi connectivity index (χ3n) is 5.00. The van der Waals surface area contributed by atoms with Crippen LogP contribution in [0.1, 0.15) is 42.3 Å². The van der Waals surface area contributed by atoms with E-state index in [1.54, 1.807) is 13.4 Å². The standard InChI is InChI=1S/C17H21N5O2/c1-24-14-4-2-3-13-12(14)7-8-17(13,18)16(23)19-9-15-21-20-10-22(15)11-5-6-11/h2-4,10-11H,5-9,18H2,1H3,(H,19,23). The maximum atomic E-state index is 12.8. The summed E-state index contributed by atoms with van der Waals surface area (Å²) in [6, 6.07) is 6.18. The van der Waals surface area contributed by atoms with Crippen molar-refractivity contribution in [1.82, 2.24) is 20.1 Å². The largest absolute Gasteiger partial charge is 0.496 e. The van der Waals surface area contributed by atoms with Crippen molar-refractivity contribution in [3.05, 3.63) is 41.5 Å². The zero-order valence-electron chi connectivity index (χ0n) is 13.7. The third-order valence-corrected chi connectivity index (χ3v) is 5.00. The van der Waals surface area contributed by atoms with Crippen LogP contribution in [0.4, 0.5) is 0 Å². The summed E-state index contributed by atoms with van der Waals surface area (Å²) >= 11 is 0. The lowest BCUT2D eigenvalue weighted by Gasteiger charge is -2.24. The van der Waals surface area contributed by atoms with Gasteiger partial charge < -0.3 is 20.4 Å². The predicted molar refractivity (Wildman–Crippen MR) is 87.3 cm³/mol. The van der Waals surface area contributed by atoms with Gasteiger partial charge in [-0.25, -0.2) is 0 Å². The average molecular weight is 327 g/mol. The second-order valence-electron chi connectivity index (χ2n) is 6.53. The monoisotopic (exact) mass is 327 g/mol. The number of nitrogens with two attached hydrogens (primary N) is 1. The molecule has 1 aromatic heterocycles. The average Bonchev–Trinajstić information content (AvgIpc) is 3.24. The Morgan fingerprint density at radius 3 is 3.08 bits per heavy atom. The van der Waals surface area contributed by atoms with Crippen molar-refractivity contribution in [2.75, 3.05) is 7.11 Å². The number of ether oxygens (including phenoxy) is 1. The number of methoxy groups -OCH3 is 1. The first kappa shape index (κ1) is 15.1. The second kappa shape index (κ2) is 5.59. The first-order chi connectivity index (χ1) is 11.6. The lowest BCUT2D eigenvalue weighted by molar-refractivity contribution is -0.126. The topological polar surface area (TPSA) is 95.1 Å². The molecule has 1 aromatic carbocycles. The fourth-order valence-electron chi connectivity index (χ4n) is 3.49. The number of fused-ring (bicyclic) bond motifs is 1. The molecule has 1 amide bonds. The summed E-state index contributed by atoms with van der Waals surface area (Å²) in [6.45, 7) is 0.341. The van der Waals surface area contributed by atoms with Gasteiger partial charge in [0.15, 0.2) is 5.82 Å². The normalized spacial score (nSPS) is 22.2. The van der Waals surface area contributed by atoms with Crippen molar-refractivity contribution < 1.29 is 9.53 Å². The number of aromatic nitrogens is 3. The summed E-state index contributed by atoms with van der Waals surface area (Å²) in [5, 5.41) is 11.0. The molecule has 1 unspecified atom stereocenters. The number of carbonyl (C=O) groups excluding carboxylic acids is 1. The Labute approximate surface area is 140 Å². The van der Waals surface area contributed by atoms with E-state index in [1.165, 1.54) is 0 Å². The van der Waals surface area contributed by atoms with Crippen LogP contribution in [0.2, 0.25) is 0 Å². The Morgan fingerprint density at radius 2 is 2.33 bits per heavy atom. The Hall–Kier alpha value is -2.41. The number of hydrogen-bond acceptors (Lipinski definition) is 5. The number of carbonyl (C=O) groups is 1. The van der Waals surface area contributed by atoms with Crippen LogP contribution in [0.25, 0.3) is 0 Å². The molecule has 1 atom stereocenters. The van der Waals surface area contributed by atoms with Gasteiger partial charge in [0, 0.05) is 6.04 Å². The summed E-state index contributed by atoms with van der Waals surface area (Å²) in [5.41, 5.74) is 7.33. The van der Waals surface area contributed by atoms with Gasteiger partial charge in [-0.15, -0.1) is 10.2 Å². The SMILES string of the molecule is COc1cccc2c1CCC2(N)C(=O)NCc1nncn1C1CC1. The molecule has 4 rings (SSSR count). The highest BCUT2D eigenvalue weighted by Gasteiger charge is 2.43. The van der Waals surface area contributed by atoms with Gasteiger partial charge in [-0.1, -0.05) is 12.1 Å². The minimum absolute atomic E-state index is 0.181. The summed E-state index contributed by atoms with van der Waals surface area (Å²) < 4.78 is 7.43. The van der Waals surface area contributed by atoms with E-state index in [9.17, 15) is 4.79 Å². The Kier molecular flexibility index (Phi) is 3.53. The van der Waals surface area contributed by atoms with Gasteiger partial charge >= 0.3 is 0 Å². The molecule has 126 valence electrons. The summed E-state index contributed by atoms with van der Waals surface area (Å²) in [4.78, 5) is 12.8. The van der Waals surface area contributed by atoms with E-state index < -0.39 is 5.54 Å². The summed E-state index contributed by atoms with van der Waals surface area (Å²) in [5.74, 6) is 1.39. The van der Waals surface area contributed by atoms with E-state index in [0.717, 1.165) is 42.0 Å². The van der Waals surface area contributed by atoms with Crippen molar-refractivity contribution in [2.45, 2.75) is 43.8 Å². The van der Waals surface area contributed by atoms with E-state index in [2.05, 4.69) is 15.5 Å². The molecule has 2 aromatic rings. The molecular formula is C17H21N5O2. The van der Waals surface area contributed by atoms with Gasteiger partial charge in [-0.05, 0) is 42.9 Å². The van der Waals surface area contributed by atoms with Crippen LogP contribution in [-0.4, -0.2) is 27.8 Å². The van der Waals surface area contributed by atoms with Crippen LogP contribution in [0.3, 0.4) is 0 Å². The molecule has 2 aliphatic carbocycles. The molecule has 1 saturated carbocycles. The molecule has 1 heterocycles. The van der Waals surface area contributed by atoms with Crippen LogP contribution in [0.5, 0.6) is 5.75 Å². The summed E-state index contributed by atoms with van der Waals surface area (Å²) in [7, 11) is 1.64. The molecule has 7 heteroatoms. The lowest BCUT2D eigenvalue weighted by atomic mass is 9.92. The highest BCUT2D eigenvalue weighted by atomic mass is 16.5. The first-order valence-corrected chi connectivity index (χ1v) is 8.25. The van der Waals surface area contributed by atoms with Gasteiger partial charge in [0.1, 0.15) is 17.6 Å². The molecule has 2 aliphatic rings. The van der Waals surface area contributed by atoms with Crippen LogP contribution in [0.15, 0.2) is 24.5 Å². The second-order valence-corrected chi connectivity index (χ2v) is 6.53. The first-order valence-electron chi connectivity index (χ1n) is 8.25. The molecule has 0 saturated heterocycles. The van der Waals surface area contributed by atoms with Crippen molar-refractivity contribution in [1.29, 1.82) is 0 Å². The van der Waals surface area contributed by atoms with Crippen LogP contribution >= 0.6 is 0 Å². The predicted octanol–water partition coefficient (Wildman–Crippen LogP) is 1.04. The molecule has 3 N–H and O–H groups in total. The quantitative estimate of drug-likeness (QED) is 0.855. The Morgan fingerprint density at radius 1 is 1.50 bits per heavy atom. The number of amides is 1. The van der Waals surface area contributed by atoms with Gasteiger partial charge in [-0.3, -0.25) is 4.79 Å². The van der Waals surface area contributed by atoms with E-state index in [4.69, 9.17) is 10.5 Å². The smallest absolute Gasteiger partial charge is 0.245 e. The molecule has 7 nitrogen and oxygen atoms in total. The van der Waals surface area contributed by atoms with Gasteiger partial charge in [0.05, 0.1) is 13.7 Å². The van der Waals surface area contributed by atoms with Crippen molar-refractivity contribution in [3.63, 3.8) is 0 Å². The molecule has 0 radical (unpaired) electrons. The molecule has 0 aliphatic heterocycles. The van der Waals surface area contributed by atoms with Crippen molar-refractivity contribution >= 4 is 5.91 Å². The number of hydrogen-bond donors (Lipinski definition) is 2. The minimum atomic E-state index is -1.02. The zero-order chi connectivity index (χ0) is 16.7. The van der Waals surface area contributed by atoms with Crippen LogP contribution < -0.4 is 15.8 Å². The van der Waals surface area contributed by atoms with Crippen LogP contribution in [-0.2, 0) is 23.3 Å². The number of nitrogens with zero attached hydrogens (tertiary/aromatic N) is 3.